The van der Waals surface area contributed by atoms with Gasteiger partial charge in [0.1, 0.15) is 0 Å². The van der Waals surface area contributed by atoms with Crippen LogP contribution in [0.4, 0.5) is 5.69 Å². The van der Waals surface area contributed by atoms with Crippen molar-refractivity contribution in [3.63, 3.8) is 0 Å². The number of piperazine rings is 1. The second kappa shape index (κ2) is 10.0. The monoisotopic (exact) mass is 416 g/mol. The Bertz CT molecular complexity index is 753. The van der Waals surface area contributed by atoms with Crippen molar-refractivity contribution in [2.75, 3.05) is 26.2 Å². The van der Waals surface area contributed by atoms with Crippen molar-refractivity contribution in [2.24, 2.45) is 5.92 Å². The van der Waals surface area contributed by atoms with E-state index in [0.29, 0.717) is 37.7 Å². The number of nitro benzene ring substituents is 1. The summed E-state index contributed by atoms with van der Waals surface area (Å²) in [4.78, 5) is 40.2. The fourth-order valence-electron chi connectivity index (χ4n) is 4.49. The second-order valence-electron chi connectivity index (χ2n) is 8.44. The second-order valence-corrected chi connectivity index (χ2v) is 8.44. The van der Waals surface area contributed by atoms with Crippen molar-refractivity contribution >= 4 is 17.5 Å². The van der Waals surface area contributed by atoms with E-state index in [0.717, 1.165) is 19.3 Å². The summed E-state index contributed by atoms with van der Waals surface area (Å²) in [6.45, 7) is 6.52. The number of hydrogen-bond donors (Lipinski definition) is 1. The van der Waals surface area contributed by atoms with Gasteiger partial charge in [0.25, 0.3) is 11.6 Å². The zero-order valence-electron chi connectivity index (χ0n) is 17.9. The lowest BCUT2D eigenvalue weighted by Crippen LogP contribution is -2.58. The Labute approximate surface area is 177 Å². The van der Waals surface area contributed by atoms with Gasteiger partial charge in [0.15, 0.2) is 0 Å². The van der Waals surface area contributed by atoms with Crippen LogP contribution in [-0.2, 0) is 4.79 Å². The third kappa shape index (κ3) is 5.16. The molecule has 1 aliphatic heterocycles. The van der Waals surface area contributed by atoms with E-state index in [9.17, 15) is 19.7 Å². The summed E-state index contributed by atoms with van der Waals surface area (Å²) in [6, 6.07) is 5.77. The van der Waals surface area contributed by atoms with Gasteiger partial charge in [0, 0.05) is 49.9 Å². The summed E-state index contributed by atoms with van der Waals surface area (Å²) in [6.07, 6.45) is 5.43. The molecule has 3 rings (SSSR count). The van der Waals surface area contributed by atoms with Crippen LogP contribution in [0.5, 0.6) is 0 Å². The molecule has 1 aromatic carbocycles. The van der Waals surface area contributed by atoms with Gasteiger partial charge in [0.2, 0.25) is 5.91 Å². The van der Waals surface area contributed by atoms with E-state index in [4.69, 9.17) is 0 Å². The number of non-ortho nitro benzene ring substituents is 1. The summed E-state index contributed by atoms with van der Waals surface area (Å²) >= 11 is 0. The summed E-state index contributed by atoms with van der Waals surface area (Å²) in [7, 11) is 0. The molecule has 1 aliphatic carbocycles. The Morgan fingerprint density at radius 3 is 2.27 bits per heavy atom. The number of amides is 2. The largest absolute Gasteiger partial charge is 0.352 e. The molecule has 0 spiro atoms. The average molecular weight is 417 g/mol. The zero-order valence-corrected chi connectivity index (χ0v) is 17.9. The van der Waals surface area contributed by atoms with Crippen LogP contribution in [0, 0.1) is 16.0 Å². The number of carbonyl (C=O) groups excluding carboxylic acids is 2. The van der Waals surface area contributed by atoms with Crippen LogP contribution in [0.25, 0.3) is 0 Å². The number of nitro groups is 1. The van der Waals surface area contributed by atoms with Gasteiger partial charge in [-0.15, -0.1) is 0 Å². The van der Waals surface area contributed by atoms with Crippen LogP contribution in [0.15, 0.2) is 24.3 Å². The van der Waals surface area contributed by atoms with Gasteiger partial charge in [-0.2, -0.15) is 0 Å². The third-order valence-corrected chi connectivity index (χ3v) is 6.44. The number of nitrogens with zero attached hydrogens (tertiary/aromatic N) is 3. The predicted octanol–water partition coefficient (Wildman–Crippen LogP) is 2.83. The lowest BCUT2D eigenvalue weighted by atomic mass is 9.94. The maximum atomic E-state index is 13.0. The molecule has 1 heterocycles. The molecule has 0 radical (unpaired) electrons. The first-order chi connectivity index (χ1) is 14.4. The summed E-state index contributed by atoms with van der Waals surface area (Å²) in [5, 5.41) is 14.0. The van der Waals surface area contributed by atoms with Crippen LogP contribution >= 0.6 is 0 Å². The summed E-state index contributed by atoms with van der Waals surface area (Å²) in [5.41, 5.74) is 0.430. The minimum atomic E-state index is -0.472. The first-order valence-corrected chi connectivity index (χ1v) is 11.0. The molecule has 30 heavy (non-hydrogen) atoms. The van der Waals surface area contributed by atoms with Gasteiger partial charge in [-0.05, 0) is 44.2 Å². The molecule has 164 valence electrons. The van der Waals surface area contributed by atoms with Gasteiger partial charge in [0.05, 0.1) is 11.0 Å². The summed E-state index contributed by atoms with van der Waals surface area (Å²) in [5.74, 6) is 0.378. The van der Waals surface area contributed by atoms with Crippen LogP contribution in [0.3, 0.4) is 0 Å². The van der Waals surface area contributed by atoms with Crippen molar-refractivity contribution in [3.05, 3.63) is 39.9 Å². The van der Waals surface area contributed by atoms with Gasteiger partial charge >= 0.3 is 0 Å². The number of hydrogen-bond acceptors (Lipinski definition) is 5. The molecule has 0 bridgehead atoms. The normalized spacial score (nSPS) is 20.0. The van der Waals surface area contributed by atoms with E-state index in [2.05, 4.69) is 17.1 Å². The molecule has 2 atom stereocenters. The maximum absolute atomic E-state index is 13.0. The third-order valence-electron chi connectivity index (χ3n) is 6.44. The minimum absolute atomic E-state index is 0.0249. The molecular weight excluding hydrogens is 384 g/mol. The molecule has 1 aromatic rings. The van der Waals surface area contributed by atoms with Crippen molar-refractivity contribution < 1.29 is 14.5 Å². The quantitative estimate of drug-likeness (QED) is 0.545. The molecule has 1 saturated heterocycles. The lowest BCUT2D eigenvalue weighted by molar-refractivity contribution is -0.384. The van der Waals surface area contributed by atoms with Gasteiger partial charge in [-0.25, -0.2) is 0 Å². The van der Waals surface area contributed by atoms with Gasteiger partial charge in [-0.3, -0.25) is 24.6 Å². The van der Waals surface area contributed by atoms with Gasteiger partial charge in [-0.1, -0.05) is 19.8 Å². The fraction of sp³-hybridized carbons (Fsp3) is 0.636. The smallest absolute Gasteiger partial charge is 0.269 e. The Kier molecular flexibility index (Phi) is 7.42. The number of carbonyl (C=O) groups is 2. The van der Waals surface area contributed by atoms with E-state index >= 15 is 0 Å². The fourth-order valence-corrected chi connectivity index (χ4v) is 4.49. The molecular formula is C22H32N4O4. The van der Waals surface area contributed by atoms with Crippen molar-refractivity contribution in [3.8, 4) is 0 Å². The Balaban J connectivity index is 1.63. The molecule has 1 saturated carbocycles. The van der Waals surface area contributed by atoms with Crippen molar-refractivity contribution in [1.29, 1.82) is 0 Å². The zero-order chi connectivity index (χ0) is 21.7. The molecule has 8 nitrogen and oxygen atoms in total. The highest BCUT2D eigenvalue weighted by Gasteiger charge is 2.37. The molecule has 1 N–H and O–H groups in total. The molecule has 2 aliphatic rings. The predicted molar refractivity (Wildman–Crippen MR) is 114 cm³/mol. The average Bonchev–Trinajstić information content (AvgIpc) is 3.28. The SMILES string of the molecule is CCC(C)NC(=O)C(C1CCCC1)N1CCN(C(=O)c2ccc([N+](=O)[O-])cc2)CC1. The molecule has 0 aromatic heterocycles. The maximum Gasteiger partial charge on any atom is 0.269 e. The highest BCUT2D eigenvalue weighted by molar-refractivity contribution is 5.94. The Hall–Kier alpha value is -2.48. The molecule has 8 heteroatoms. The van der Waals surface area contributed by atoms with E-state index in [1.54, 1.807) is 4.90 Å². The number of rotatable bonds is 7. The standard InChI is InChI=1S/C22H32N4O4/c1-3-16(2)23-21(27)20(17-6-4-5-7-17)24-12-14-25(15-13-24)22(28)18-8-10-19(11-9-18)26(29)30/h8-11,16-17,20H,3-7,12-15H2,1-2H3,(H,23,27). The summed E-state index contributed by atoms with van der Waals surface area (Å²) < 4.78 is 0. The van der Waals surface area contributed by atoms with Crippen molar-refractivity contribution in [1.82, 2.24) is 15.1 Å². The van der Waals surface area contributed by atoms with E-state index in [1.807, 2.05) is 6.92 Å². The molecule has 2 amide bonds. The molecule has 2 unspecified atom stereocenters. The topological polar surface area (TPSA) is 95.8 Å². The Morgan fingerprint density at radius 2 is 1.73 bits per heavy atom. The van der Waals surface area contributed by atoms with Gasteiger partial charge < -0.3 is 10.2 Å². The highest BCUT2D eigenvalue weighted by atomic mass is 16.6. The first-order valence-electron chi connectivity index (χ1n) is 11.0. The van der Waals surface area contributed by atoms with Crippen LogP contribution < -0.4 is 5.32 Å². The van der Waals surface area contributed by atoms with Crippen molar-refractivity contribution in [2.45, 2.75) is 58.0 Å². The number of nitrogens with one attached hydrogen (secondary N) is 1. The van der Waals surface area contributed by atoms with E-state index in [1.165, 1.54) is 37.1 Å². The minimum Gasteiger partial charge on any atom is -0.352 e. The van der Waals surface area contributed by atoms with E-state index in [-0.39, 0.29) is 29.6 Å². The van der Waals surface area contributed by atoms with Crippen LogP contribution in [-0.4, -0.2) is 64.8 Å². The highest BCUT2D eigenvalue weighted by Crippen LogP contribution is 2.31. The van der Waals surface area contributed by atoms with E-state index < -0.39 is 4.92 Å². The van der Waals surface area contributed by atoms with Crippen LogP contribution in [0.2, 0.25) is 0 Å². The molecule has 2 fully saturated rings. The Morgan fingerprint density at radius 1 is 1.13 bits per heavy atom. The lowest BCUT2D eigenvalue weighted by Gasteiger charge is -2.41. The van der Waals surface area contributed by atoms with Crippen LogP contribution in [0.1, 0.15) is 56.3 Å². The number of benzene rings is 1. The first kappa shape index (κ1) is 22.2.